The van der Waals surface area contributed by atoms with Crippen molar-refractivity contribution in [2.45, 2.75) is 189 Å². The molecule has 3 aromatic rings. The smallest absolute Gasteiger partial charge is 0.306 e. The molecule has 7 aliphatic rings. The Labute approximate surface area is 622 Å². The minimum Gasteiger partial charge on any atom is -0.481 e. The van der Waals surface area contributed by atoms with Gasteiger partial charge < -0.3 is 61.3 Å². The van der Waals surface area contributed by atoms with Gasteiger partial charge in [0.2, 0.25) is 35.4 Å². The highest BCUT2D eigenvalue weighted by Gasteiger charge is 2.48. The van der Waals surface area contributed by atoms with E-state index in [1.807, 2.05) is 78.8 Å². The Morgan fingerprint density at radius 1 is 0.455 bits per heavy atom. The average molecular weight is 1580 g/mol. The Morgan fingerprint density at radius 2 is 0.723 bits per heavy atom. The topological polar surface area (TPSA) is 322 Å². The van der Waals surface area contributed by atoms with Gasteiger partial charge in [-0.25, -0.2) is 0 Å². The van der Waals surface area contributed by atoms with E-state index in [0.717, 1.165) is 70.3 Å². The van der Waals surface area contributed by atoms with Crippen LogP contribution in [0.3, 0.4) is 0 Å². The lowest BCUT2D eigenvalue weighted by molar-refractivity contribution is -0.143. The van der Waals surface area contributed by atoms with Crippen LogP contribution in [0.4, 0.5) is 17.1 Å². The number of halogens is 4. The number of benzene rings is 3. The fraction of sp³-hybridized carbons (Fsp3) is 0.589. The maximum atomic E-state index is 13.0. The molecule has 0 radical (unpaired) electrons. The third kappa shape index (κ3) is 21.8. The fourth-order valence-electron chi connectivity index (χ4n) is 14.1. The first-order valence-corrected chi connectivity index (χ1v) is 37.5. The number of amides is 6. The van der Waals surface area contributed by atoms with Gasteiger partial charge in [-0.05, 0) is 153 Å². The van der Waals surface area contributed by atoms with Crippen molar-refractivity contribution in [3.63, 3.8) is 0 Å². The molecule has 0 spiro atoms. The molecule has 0 aromatic heterocycles. The van der Waals surface area contributed by atoms with Crippen LogP contribution in [-0.2, 0) is 57.5 Å². The number of anilines is 3. The van der Waals surface area contributed by atoms with Crippen molar-refractivity contribution < 1.29 is 67.7 Å². The zero-order valence-corrected chi connectivity index (χ0v) is 65.2. The standard InChI is InChI=1S/2C21H28ClN3O3.C12H17ClN2.2C9H13NO4.CH3I/c2*1-13(11-21(4)18(26)10-19(27)23-21)20(28)24-8-9-25(14(2)12-24)17-7-5-6-16(22)15(17)3;1-9-8-14-6-7-15(9)12-5-3-4-11(13)10(12)2;2*1-5(8(13)14)4-9(2)6(11)3-7(12)10-9;1-2/h2*5-7,13-14H,8-12H2,1-4H3,(H,23,27);3-5,9,14H,6-8H2,1-2H3;2*5H,3-4H2,1-2H3,(H,10,12)(H,13,14);1H3/t13-,14+,21+;13-,14-,21+;9-;2*5-,9+;/m10010./s1. The van der Waals surface area contributed by atoms with Gasteiger partial charge in [0.25, 0.3) is 0 Å². The number of hydrogen-bond acceptors (Lipinski definition) is 16. The summed E-state index contributed by atoms with van der Waals surface area (Å²) in [5.74, 6) is -5.68. The first-order chi connectivity index (χ1) is 47.1. The zero-order chi connectivity index (χ0) is 76.0. The number of piperazine rings is 3. The number of carbonyl (C=O) groups is 12. The lowest BCUT2D eigenvalue weighted by Crippen LogP contribution is -2.56. The molecule has 24 nitrogen and oxygen atoms in total. The third-order valence-corrected chi connectivity index (χ3v) is 21.2. The van der Waals surface area contributed by atoms with Crippen LogP contribution < -0.4 is 41.3 Å². The number of Topliss-reactive ketones (excluding diaryl/α,β-unsaturated/α-hetero) is 4. The minimum atomic E-state index is -0.991. The van der Waals surface area contributed by atoms with Crippen LogP contribution in [0.5, 0.6) is 0 Å². The Bertz CT molecular complexity index is 3410. The van der Waals surface area contributed by atoms with Crippen molar-refractivity contribution in [1.82, 2.24) is 36.4 Å². The van der Waals surface area contributed by atoms with Crippen molar-refractivity contribution in [3.8, 4) is 0 Å². The number of nitrogens with zero attached hydrogens (tertiary/aromatic N) is 5. The van der Waals surface area contributed by atoms with E-state index in [9.17, 15) is 57.5 Å². The number of alkyl halides is 1. The van der Waals surface area contributed by atoms with Gasteiger partial charge in [-0.2, -0.15) is 0 Å². The highest BCUT2D eigenvalue weighted by molar-refractivity contribution is 14.1. The first kappa shape index (κ1) is 84.7. The van der Waals surface area contributed by atoms with E-state index in [2.05, 4.69) is 110 Å². The third-order valence-electron chi connectivity index (χ3n) is 20.0. The van der Waals surface area contributed by atoms with Crippen LogP contribution in [-0.4, -0.2) is 195 Å². The van der Waals surface area contributed by atoms with E-state index in [1.54, 1.807) is 27.7 Å². The maximum Gasteiger partial charge on any atom is 0.306 e. The van der Waals surface area contributed by atoms with Gasteiger partial charge in [-0.15, -0.1) is 0 Å². The van der Waals surface area contributed by atoms with Crippen LogP contribution in [0, 0.1) is 44.4 Å². The van der Waals surface area contributed by atoms with Crippen LogP contribution in [0.1, 0.15) is 144 Å². The largest absolute Gasteiger partial charge is 0.481 e. The SMILES string of the molecule is CI.C[C@@H](C[C@@]1(C)NC(=O)CC1=O)C(=O)O.C[C@H](C[C@]1(C)NC(=O)CC1=O)C(=O)O.Cc1c(Cl)cccc1N1CCN(C(=O)[C@@H](C)C[C@@]2(C)NC(=O)CC2=O)C[C@@H]1C.Cc1c(Cl)cccc1N1CCN(C(=O)[C@H](C)C[C@]2(C)NC(=O)CC2=O)C[C@@H]1C.Cc1c(Cl)cccc1N1CCNC[C@@H]1C. The van der Waals surface area contributed by atoms with Gasteiger partial charge in [0.05, 0.1) is 59.7 Å². The normalized spacial score (nSPS) is 25.9. The summed E-state index contributed by atoms with van der Waals surface area (Å²) in [5.41, 5.74) is 2.92. The van der Waals surface area contributed by atoms with E-state index in [1.165, 1.54) is 25.1 Å². The quantitative estimate of drug-likeness (QED) is 0.0426. The second-order valence-corrected chi connectivity index (χ2v) is 29.8. The molecule has 7 fully saturated rings. The van der Waals surface area contributed by atoms with Crippen molar-refractivity contribution in [2.24, 2.45) is 23.7 Å². The number of nitrogens with one attached hydrogen (secondary N) is 5. The molecule has 0 aliphatic carbocycles. The molecular formula is C73H102Cl3IN10O14. The Hall–Kier alpha value is -6.94. The second kappa shape index (κ2) is 36.5. The molecule has 556 valence electrons. The molecule has 0 bridgehead atoms. The van der Waals surface area contributed by atoms with Gasteiger partial charge in [-0.1, -0.05) is 103 Å². The number of ketones is 4. The van der Waals surface area contributed by atoms with E-state index in [4.69, 9.17) is 45.0 Å². The lowest BCUT2D eigenvalue weighted by Gasteiger charge is -2.43. The van der Waals surface area contributed by atoms with E-state index < -0.39 is 45.9 Å². The number of carbonyl (C=O) groups excluding carboxylic acids is 10. The molecular weight excluding hydrogens is 1470 g/mol. The Kier molecular flexibility index (Phi) is 30.6. The second-order valence-electron chi connectivity index (χ2n) is 28.6. The number of rotatable bonds is 15. The van der Waals surface area contributed by atoms with E-state index in [0.29, 0.717) is 45.1 Å². The minimum absolute atomic E-state index is 0.0319. The highest BCUT2D eigenvalue weighted by atomic mass is 127. The molecule has 7 saturated heterocycles. The van der Waals surface area contributed by atoms with Gasteiger partial charge in [0, 0.05) is 121 Å². The monoisotopic (exact) mass is 1570 g/mol. The number of carboxylic acids is 2. The summed E-state index contributed by atoms with van der Waals surface area (Å²) in [6.45, 7) is 32.9. The molecule has 11 atom stereocenters. The molecule has 101 heavy (non-hydrogen) atoms. The van der Waals surface area contributed by atoms with Crippen molar-refractivity contribution in [1.29, 1.82) is 0 Å². The molecule has 7 heterocycles. The van der Waals surface area contributed by atoms with Gasteiger partial charge in [-0.3, -0.25) is 57.5 Å². The molecule has 6 amide bonds. The molecule has 0 saturated carbocycles. The van der Waals surface area contributed by atoms with Crippen molar-refractivity contribution >= 4 is 145 Å². The molecule has 28 heteroatoms. The summed E-state index contributed by atoms with van der Waals surface area (Å²) in [4.78, 5) is 152. The number of carboxylic acid groups (broad SMARTS) is 2. The van der Waals surface area contributed by atoms with Gasteiger partial charge in [0.15, 0.2) is 23.1 Å². The summed E-state index contributed by atoms with van der Waals surface area (Å²) in [6, 6.07) is 18.8. The van der Waals surface area contributed by atoms with Crippen LogP contribution >= 0.6 is 57.4 Å². The summed E-state index contributed by atoms with van der Waals surface area (Å²) in [5, 5.41) is 33.6. The molecule has 10 rings (SSSR count). The summed E-state index contributed by atoms with van der Waals surface area (Å²) in [6.07, 6.45) is 0.501. The predicted molar refractivity (Wildman–Crippen MR) is 400 cm³/mol. The highest BCUT2D eigenvalue weighted by Crippen LogP contribution is 2.35. The average Bonchev–Trinajstić information content (AvgIpc) is 1.09. The summed E-state index contributed by atoms with van der Waals surface area (Å²) in [7, 11) is 0. The van der Waals surface area contributed by atoms with E-state index in [-0.39, 0.29) is 121 Å². The fourth-order valence-corrected chi connectivity index (χ4v) is 14.6. The lowest BCUT2D eigenvalue weighted by atomic mass is 9.87. The number of aliphatic carboxylic acids is 2. The first-order valence-electron chi connectivity index (χ1n) is 34.2. The maximum absolute atomic E-state index is 13.0. The van der Waals surface area contributed by atoms with Crippen molar-refractivity contribution in [2.75, 3.05) is 78.5 Å². The van der Waals surface area contributed by atoms with E-state index >= 15 is 0 Å². The predicted octanol–water partition coefficient (Wildman–Crippen LogP) is 8.51. The molecule has 3 aromatic carbocycles. The molecule has 0 unspecified atom stereocenters. The molecule has 7 N–H and O–H groups in total. The number of hydrogen-bond donors (Lipinski definition) is 7. The Balaban J connectivity index is 0.000000234. The molecule has 7 aliphatic heterocycles. The van der Waals surface area contributed by atoms with Crippen molar-refractivity contribution in [3.05, 3.63) is 86.4 Å². The summed E-state index contributed by atoms with van der Waals surface area (Å²) >= 11 is 20.8. The van der Waals surface area contributed by atoms with Gasteiger partial charge in [0.1, 0.15) is 0 Å². The van der Waals surface area contributed by atoms with Crippen LogP contribution in [0.25, 0.3) is 0 Å². The summed E-state index contributed by atoms with van der Waals surface area (Å²) < 4.78 is 0. The Morgan fingerprint density at radius 3 is 0.960 bits per heavy atom. The van der Waals surface area contributed by atoms with Crippen LogP contribution in [0.2, 0.25) is 15.1 Å². The zero-order valence-electron chi connectivity index (χ0n) is 60.8. The van der Waals surface area contributed by atoms with Crippen LogP contribution in [0.15, 0.2) is 54.6 Å². The van der Waals surface area contributed by atoms with Gasteiger partial charge >= 0.3 is 11.9 Å².